The zero-order valence-electron chi connectivity index (χ0n) is 13.1. The van der Waals surface area contributed by atoms with Crippen LogP contribution in [-0.2, 0) is 4.79 Å². The summed E-state index contributed by atoms with van der Waals surface area (Å²) in [6.07, 6.45) is 6.37. The zero-order chi connectivity index (χ0) is 16.8. The van der Waals surface area contributed by atoms with Crippen LogP contribution in [0.5, 0.6) is 0 Å². The Balaban J connectivity index is 1.47. The lowest BCUT2D eigenvalue weighted by molar-refractivity contribution is -0.115. The molecule has 1 fully saturated rings. The Labute approximate surface area is 145 Å². The summed E-state index contributed by atoms with van der Waals surface area (Å²) in [5, 5.41) is 3.17. The number of amides is 1. The van der Waals surface area contributed by atoms with E-state index in [1.165, 1.54) is 6.08 Å². The lowest BCUT2D eigenvalue weighted by Gasteiger charge is -2.36. The molecule has 124 valence electrons. The summed E-state index contributed by atoms with van der Waals surface area (Å²) in [6.45, 7) is 3.12. The number of carbonyl (C=O) groups is 1. The minimum atomic E-state index is -0.261. The number of nitrogens with one attached hydrogen (secondary N) is 1. The van der Waals surface area contributed by atoms with Crippen molar-refractivity contribution in [1.82, 2.24) is 15.2 Å². The van der Waals surface area contributed by atoms with Crippen molar-refractivity contribution in [2.24, 2.45) is 0 Å². The Kier molecular flexibility index (Phi) is 5.22. The van der Waals surface area contributed by atoms with Crippen LogP contribution < -0.4 is 10.2 Å². The molecule has 2 aromatic heterocycles. The molecule has 7 heteroatoms. The van der Waals surface area contributed by atoms with Gasteiger partial charge in [0.15, 0.2) is 5.11 Å². The van der Waals surface area contributed by atoms with Crippen LogP contribution in [-0.4, -0.2) is 47.1 Å². The fraction of sp³-hybridized carbons (Fsp3) is 0.235. The highest BCUT2D eigenvalue weighted by Crippen LogP contribution is 2.12. The first-order chi connectivity index (χ1) is 11.7. The van der Waals surface area contributed by atoms with E-state index in [0.717, 1.165) is 32.0 Å². The fourth-order valence-electron chi connectivity index (χ4n) is 2.45. The third-order valence-electron chi connectivity index (χ3n) is 3.71. The van der Waals surface area contributed by atoms with Gasteiger partial charge in [-0.2, -0.15) is 0 Å². The van der Waals surface area contributed by atoms with Crippen molar-refractivity contribution < 1.29 is 9.21 Å². The maximum absolute atomic E-state index is 11.9. The van der Waals surface area contributed by atoms with Gasteiger partial charge < -0.3 is 14.2 Å². The first-order valence-corrected chi connectivity index (χ1v) is 8.10. The molecule has 1 amide bonds. The van der Waals surface area contributed by atoms with E-state index < -0.39 is 0 Å². The van der Waals surface area contributed by atoms with Crippen LogP contribution in [0.25, 0.3) is 6.08 Å². The van der Waals surface area contributed by atoms with Crippen molar-refractivity contribution >= 4 is 35.1 Å². The van der Waals surface area contributed by atoms with Crippen LogP contribution in [0.15, 0.2) is 53.3 Å². The fourth-order valence-corrected chi connectivity index (χ4v) is 2.73. The Morgan fingerprint density at radius 3 is 2.71 bits per heavy atom. The summed E-state index contributed by atoms with van der Waals surface area (Å²) in [6, 6.07) is 9.42. The summed E-state index contributed by atoms with van der Waals surface area (Å²) >= 11 is 5.32. The first-order valence-electron chi connectivity index (χ1n) is 7.70. The van der Waals surface area contributed by atoms with Crippen LogP contribution in [0.4, 0.5) is 5.82 Å². The second kappa shape index (κ2) is 7.74. The molecule has 0 spiro atoms. The van der Waals surface area contributed by atoms with Crippen LogP contribution in [0.2, 0.25) is 0 Å². The number of pyridine rings is 1. The Hall–Kier alpha value is -2.67. The molecule has 0 saturated carbocycles. The number of nitrogens with zero attached hydrogens (tertiary/aromatic N) is 3. The number of furan rings is 1. The van der Waals surface area contributed by atoms with Gasteiger partial charge in [0.2, 0.25) is 5.91 Å². The van der Waals surface area contributed by atoms with E-state index in [1.54, 1.807) is 30.7 Å². The third-order valence-corrected chi connectivity index (χ3v) is 4.07. The summed E-state index contributed by atoms with van der Waals surface area (Å²) in [4.78, 5) is 20.5. The van der Waals surface area contributed by atoms with Gasteiger partial charge in [-0.05, 0) is 42.6 Å². The molecule has 0 atom stereocenters. The Morgan fingerprint density at radius 2 is 2.04 bits per heavy atom. The highest BCUT2D eigenvalue weighted by Gasteiger charge is 2.20. The molecule has 2 aromatic rings. The van der Waals surface area contributed by atoms with Crippen LogP contribution in [0, 0.1) is 0 Å². The molecule has 1 aliphatic rings. The molecule has 3 heterocycles. The number of hydrogen-bond donors (Lipinski definition) is 1. The van der Waals surface area contributed by atoms with Crippen molar-refractivity contribution in [3.63, 3.8) is 0 Å². The number of hydrogen-bond acceptors (Lipinski definition) is 5. The van der Waals surface area contributed by atoms with Gasteiger partial charge in [-0.25, -0.2) is 4.98 Å². The molecule has 0 unspecified atom stereocenters. The van der Waals surface area contributed by atoms with Gasteiger partial charge in [-0.15, -0.1) is 0 Å². The second-order valence-corrected chi connectivity index (χ2v) is 5.69. The summed E-state index contributed by atoms with van der Waals surface area (Å²) in [7, 11) is 0. The molecule has 0 aromatic carbocycles. The van der Waals surface area contributed by atoms with Crippen molar-refractivity contribution in [3.05, 3.63) is 54.6 Å². The molecule has 3 rings (SSSR count). The normalized spacial score (nSPS) is 14.8. The highest BCUT2D eigenvalue weighted by atomic mass is 32.1. The maximum atomic E-state index is 11.9. The van der Waals surface area contributed by atoms with E-state index in [-0.39, 0.29) is 5.91 Å². The zero-order valence-corrected chi connectivity index (χ0v) is 13.9. The SMILES string of the molecule is O=C(/C=C/c1ccco1)NC(=S)N1CCN(c2ccccn2)CC1. The smallest absolute Gasteiger partial charge is 0.250 e. The van der Waals surface area contributed by atoms with Gasteiger partial charge in [0.05, 0.1) is 6.26 Å². The molecule has 1 aliphatic heterocycles. The predicted octanol–water partition coefficient (Wildman–Crippen LogP) is 1.91. The standard InChI is InChI=1S/C17H18N4O2S/c22-16(7-6-14-4-3-13-23-14)19-17(24)21-11-9-20(10-12-21)15-5-1-2-8-18-15/h1-8,13H,9-12H2,(H,19,22,24)/b7-6+. The van der Waals surface area contributed by atoms with Crippen molar-refractivity contribution in [3.8, 4) is 0 Å². The van der Waals surface area contributed by atoms with Crippen LogP contribution in [0.1, 0.15) is 5.76 Å². The third kappa shape index (κ3) is 4.20. The van der Waals surface area contributed by atoms with Crippen molar-refractivity contribution in [2.45, 2.75) is 0 Å². The molecule has 0 bridgehead atoms. The van der Waals surface area contributed by atoms with Gasteiger partial charge in [0.25, 0.3) is 0 Å². The van der Waals surface area contributed by atoms with Gasteiger partial charge >= 0.3 is 0 Å². The molecule has 0 aliphatic carbocycles. The van der Waals surface area contributed by atoms with E-state index in [1.807, 2.05) is 23.1 Å². The number of anilines is 1. The monoisotopic (exact) mass is 342 g/mol. The van der Waals surface area contributed by atoms with Crippen LogP contribution >= 0.6 is 12.2 Å². The topological polar surface area (TPSA) is 61.6 Å². The number of carbonyl (C=O) groups excluding carboxylic acids is 1. The summed E-state index contributed by atoms with van der Waals surface area (Å²) < 4.78 is 5.14. The summed E-state index contributed by atoms with van der Waals surface area (Å²) in [5.74, 6) is 1.33. The number of thiocarbonyl (C=S) groups is 1. The average molecular weight is 342 g/mol. The average Bonchev–Trinajstić information content (AvgIpc) is 3.14. The van der Waals surface area contributed by atoms with Crippen molar-refractivity contribution in [1.29, 1.82) is 0 Å². The minimum Gasteiger partial charge on any atom is -0.465 e. The van der Waals surface area contributed by atoms with E-state index in [2.05, 4.69) is 15.2 Å². The molecular weight excluding hydrogens is 324 g/mol. The quantitative estimate of drug-likeness (QED) is 0.679. The first kappa shape index (κ1) is 16.2. The number of piperazine rings is 1. The molecule has 0 radical (unpaired) electrons. The number of rotatable bonds is 3. The van der Waals surface area contributed by atoms with Crippen LogP contribution in [0.3, 0.4) is 0 Å². The molecule has 24 heavy (non-hydrogen) atoms. The van der Waals surface area contributed by atoms with Gasteiger partial charge in [0, 0.05) is 38.5 Å². The molecular formula is C17H18N4O2S. The van der Waals surface area contributed by atoms with Gasteiger partial charge in [-0.1, -0.05) is 6.07 Å². The molecule has 6 nitrogen and oxygen atoms in total. The minimum absolute atomic E-state index is 0.261. The largest absolute Gasteiger partial charge is 0.465 e. The van der Waals surface area contributed by atoms with E-state index in [0.29, 0.717) is 10.9 Å². The lowest BCUT2D eigenvalue weighted by Crippen LogP contribution is -2.52. The van der Waals surface area contributed by atoms with E-state index in [4.69, 9.17) is 16.6 Å². The van der Waals surface area contributed by atoms with E-state index >= 15 is 0 Å². The van der Waals surface area contributed by atoms with Crippen molar-refractivity contribution in [2.75, 3.05) is 31.1 Å². The second-order valence-electron chi connectivity index (χ2n) is 5.31. The lowest BCUT2D eigenvalue weighted by atomic mass is 10.3. The van der Waals surface area contributed by atoms with E-state index in [9.17, 15) is 4.79 Å². The Morgan fingerprint density at radius 1 is 1.21 bits per heavy atom. The Bertz CT molecular complexity index is 707. The molecule has 1 N–H and O–H groups in total. The van der Waals surface area contributed by atoms with Gasteiger partial charge in [-0.3, -0.25) is 10.1 Å². The highest BCUT2D eigenvalue weighted by molar-refractivity contribution is 7.80. The molecule has 1 saturated heterocycles. The number of aromatic nitrogens is 1. The maximum Gasteiger partial charge on any atom is 0.250 e. The predicted molar refractivity (Wildman–Crippen MR) is 96.5 cm³/mol. The van der Waals surface area contributed by atoms with Gasteiger partial charge in [0.1, 0.15) is 11.6 Å². The summed E-state index contributed by atoms with van der Waals surface area (Å²) in [5.41, 5.74) is 0.